The molecule has 2 aliphatic rings. The highest BCUT2D eigenvalue weighted by Crippen LogP contribution is 2.12. The van der Waals surface area contributed by atoms with Crippen molar-refractivity contribution >= 4 is 17.8 Å². The maximum atomic E-state index is 12.2. The van der Waals surface area contributed by atoms with Crippen LogP contribution in [0.5, 0.6) is 0 Å². The standard InChI is InChI=1S/C13H22N4O3/c1-9(2)14-13(20)17-7-5-16(6-8-17)12(19)10-3-4-11(18)15-10/h9-10H,3-8H2,1-2H3,(H,14,20)(H,15,18). The summed E-state index contributed by atoms with van der Waals surface area (Å²) in [5.74, 6) is -0.0851. The molecule has 0 aromatic carbocycles. The van der Waals surface area contributed by atoms with Crippen LogP contribution in [-0.4, -0.2) is 65.9 Å². The Balaban J connectivity index is 1.80. The Morgan fingerprint density at radius 1 is 1.20 bits per heavy atom. The Hall–Kier alpha value is -1.79. The van der Waals surface area contributed by atoms with Crippen LogP contribution in [0, 0.1) is 0 Å². The van der Waals surface area contributed by atoms with Gasteiger partial charge in [-0.25, -0.2) is 4.79 Å². The number of amides is 4. The molecule has 0 spiro atoms. The van der Waals surface area contributed by atoms with Crippen LogP contribution in [0.3, 0.4) is 0 Å². The first-order valence-electron chi connectivity index (χ1n) is 7.11. The fourth-order valence-corrected chi connectivity index (χ4v) is 2.49. The van der Waals surface area contributed by atoms with Gasteiger partial charge < -0.3 is 20.4 Å². The molecule has 2 fully saturated rings. The molecule has 7 heteroatoms. The lowest BCUT2D eigenvalue weighted by molar-refractivity contribution is -0.135. The number of hydrogen-bond acceptors (Lipinski definition) is 3. The van der Waals surface area contributed by atoms with Crippen LogP contribution in [-0.2, 0) is 9.59 Å². The molecule has 2 saturated heterocycles. The molecule has 1 unspecified atom stereocenters. The molecule has 2 N–H and O–H groups in total. The third-order valence-electron chi connectivity index (χ3n) is 3.58. The third kappa shape index (κ3) is 3.40. The largest absolute Gasteiger partial charge is 0.344 e. The van der Waals surface area contributed by atoms with Gasteiger partial charge in [-0.2, -0.15) is 0 Å². The molecule has 1 atom stereocenters. The van der Waals surface area contributed by atoms with E-state index >= 15 is 0 Å². The van der Waals surface area contributed by atoms with E-state index in [0.717, 1.165) is 0 Å². The Morgan fingerprint density at radius 2 is 1.80 bits per heavy atom. The first kappa shape index (κ1) is 14.6. The molecule has 0 bridgehead atoms. The monoisotopic (exact) mass is 282 g/mol. The van der Waals surface area contributed by atoms with Gasteiger partial charge in [0.05, 0.1) is 0 Å². The summed E-state index contributed by atoms with van der Waals surface area (Å²) in [7, 11) is 0. The highest BCUT2D eigenvalue weighted by atomic mass is 16.2. The lowest BCUT2D eigenvalue weighted by Gasteiger charge is -2.36. The molecule has 2 rings (SSSR count). The van der Waals surface area contributed by atoms with Gasteiger partial charge in [0.2, 0.25) is 11.8 Å². The minimum Gasteiger partial charge on any atom is -0.344 e. The number of carbonyl (C=O) groups excluding carboxylic acids is 3. The zero-order valence-electron chi connectivity index (χ0n) is 12.0. The molecular weight excluding hydrogens is 260 g/mol. The van der Waals surface area contributed by atoms with Crippen LogP contribution >= 0.6 is 0 Å². The molecule has 2 aliphatic heterocycles. The molecule has 0 radical (unpaired) electrons. The van der Waals surface area contributed by atoms with E-state index in [4.69, 9.17) is 0 Å². The summed E-state index contributed by atoms with van der Waals surface area (Å²) < 4.78 is 0. The van der Waals surface area contributed by atoms with E-state index in [0.29, 0.717) is 39.0 Å². The van der Waals surface area contributed by atoms with Crippen molar-refractivity contribution in [3.63, 3.8) is 0 Å². The number of rotatable bonds is 2. The molecule has 0 aromatic heterocycles. The van der Waals surface area contributed by atoms with Crippen molar-refractivity contribution in [2.75, 3.05) is 26.2 Å². The fourth-order valence-electron chi connectivity index (χ4n) is 2.49. The lowest BCUT2D eigenvalue weighted by atomic mass is 10.2. The number of nitrogens with one attached hydrogen (secondary N) is 2. The van der Waals surface area contributed by atoms with Crippen molar-refractivity contribution in [1.82, 2.24) is 20.4 Å². The van der Waals surface area contributed by atoms with Crippen LogP contribution in [0.25, 0.3) is 0 Å². The number of piperazine rings is 1. The van der Waals surface area contributed by atoms with Crippen LogP contribution in [0.2, 0.25) is 0 Å². The van der Waals surface area contributed by atoms with E-state index in [2.05, 4.69) is 10.6 Å². The van der Waals surface area contributed by atoms with E-state index < -0.39 is 0 Å². The predicted octanol–water partition coefficient (Wildman–Crippen LogP) is -0.473. The number of hydrogen-bond donors (Lipinski definition) is 2. The van der Waals surface area contributed by atoms with Crippen LogP contribution in [0.1, 0.15) is 26.7 Å². The first-order valence-corrected chi connectivity index (χ1v) is 7.11. The normalized spacial score (nSPS) is 22.9. The predicted molar refractivity (Wildman–Crippen MR) is 73.0 cm³/mol. The van der Waals surface area contributed by atoms with Gasteiger partial charge in [0.25, 0.3) is 0 Å². The second-order valence-corrected chi connectivity index (χ2v) is 5.58. The maximum Gasteiger partial charge on any atom is 0.317 e. The summed E-state index contributed by atoms with van der Waals surface area (Å²) >= 11 is 0. The minimum atomic E-state index is -0.376. The molecule has 20 heavy (non-hydrogen) atoms. The molecule has 0 aromatic rings. The van der Waals surface area contributed by atoms with Crippen LogP contribution in [0.4, 0.5) is 4.79 Å². The molecule has 4 amide bonds. The van der Waals surface area contributed by atoms with E-state index in [1.165, 1.54) is 0 Å². The Morgan fingerprint density at radius 3 is 2.30 bits per heavy atom. The van der Waals surface area contributed by atoms with Gasteiger partial charge in [0.1, 0.15) is 6.04 Å². The van der Waals surface area contributed by atoms with Crippen molar-refractivity contribution in [2.24, 2.45) is 0 Å². The van der Waals surface area contributed by atoms with Crippen molar-refractivity contribution < 1.29 is 14.4 Å². The van der Waals surface area contributed by atoms with Crippen LogP contribution in [0.15, 0.2) is 0 Å². The second-order valence-electron chi connectivity index (χ2n) is 5.58. The molecule has 0 saturated carbocycles. The maximum absolute atomic E-state index is 12.2. The molecule has 0 aliphatic carbocycles. The molecule has 2 heterocycles. The Labute approximate surface area is 118 Å². The highest BCUT2D eigenvalue weighted by molar-refractivity contribution is 5.91. The molecular formula is C13H22N4O3. The topological polar surface area (TPSA) is 81.8 Å². The van der Waals surface area contributed by atoms with Gasteiger partial charge in [0.15, 0.2) is 0 Å². The van der Waals surface area contributed by atoms with Crippen molar-refractivity contribution in [2.45, 2.75) is 38.8 Å². The highest BCUT2D eigenvalue weighted by Gasteiger charge is 2.32. The third-order valence-corrected chi connectivity index (χ3v) is 3.58. The lowest BCUT2D eigenvalue weighted by Crippen LogP contribution is -2.56. The first-order chi connectivity index (χ1) is 9.47. The van der Waals surface area contributed by atoms with Crippen molar-refractivity contribution in [3.8, 4) is 0 Å². The van der Waals surface area contributed by atoms with Gasteiger partial charge >= 0.3 is 6.03 Å². The Kier molecular flexibility index (Phi) is 4.46. The zero-order valence-corrected chi connectivity index (χ0v) is 12.0. The van der Waals surface area contributed by atoms with Crippen LogP contribution < -0.4 is 10.6 Å². The summed E-state index contributed by atoms with van der Waals surface area (Å²) in [5, 5.41) is 5.53. The SMILES string of the molecule is CC(C)NC(=O)N1CCN(C(=O)C2CCC(=O)N2)CC1. The summed E-state index contributed by atoms with van der Waals surface area (Å²) in [4.78, 5) is 38.6. The fraction of sp³-hybridized carbons (Fsp3) is 0.769. The van der Waals surface area contributed by atoms with E-state index in [1.807, 2.05) is 13.8 Å². The summed E-state index contributed by atoms with van der Waals surface area (Å²) in [6, 6.07) is -0.351. The van der Waals surface area contributed by atoms with Gasteiger partial charge in [-0.05, 0) is 20.3 Å². The molecule has 112 valence electrons. The van der Waals surface area contributed by atoms with Gasteiger partial charge in [-0.1, -0.05) is 0 Å². The average molecular weight is 282 g/mol. The van der Waals surface area contributed by atoms with E-state index in [9.17, 15) is 14.4 Å². The summed E-state index contributed by atoms with van der Waals surface area (Å²) in [6.45, 7) is 5.95. The van der Waals surface area contributed by atoms with E-state index in [-0.39, 0.29) is 29.9 Å². The number of carbonyl (C=O) groups is 3. The zero-order chi connectivity index (χ0) is 14.7. The second kappa shape index (κ2) is 6.11. The average Bonchev–Trinajstić information content (AvgIpc) is 2.84. The molecule has 7 nitrogen and oxygen atoms in total. The number of urea groups is 1. The summed E-state index contributed by atoms with van der Waals surface area (Å²) in [5.41, 5.74) is 0. The smallest absolute Gasteiger partial charge is 0.317 e. The van der Waals surface area contributed by atoms with Gasteiger partial charge in [-0.3, -0.25) is 9.59 Å². The van der Waals surface area contributed by atoms with Crippen molar-refractivity contribution in [1.29, 1.82) is 0 Å². The Bertz CT molecular complexity index is 402. The quantitative estimate of drug-likeness (QED) is 0.718. The summed E-state index contributed by atoms with van der Waals surface area (Å²) in [6.07, 6.45) is 0.999. The van der Waals surface area contributed by atoms with Gasteiger partial charge in [-0.15, -0.1) is 0 Å². The van der Waals surface area contributed by atoms with E-state index in [1.54, 1.807) is 9.80 Å². The van der Waals surface area contributed by atoms with Gasteiger partial charge in [0, 0.05) is 38.6 Å². The van der Waals surface area contributed by atoms with Crippen molar-refractivity contribution in [3.05, 3.63) is 0 Å². The minimum absolute atomic E-state index is 0.0280. The number of nitrogens with zero attached hydrogens (tertiary/aromatic N) is 2.